The largest absolute Gasteiger partial charge is 0.373 e. The molecule has 1 aromatic carbocycles. The standard InChI is InChI=1S/C15H15N5O4/c16-9-12(10-18-5-7-19(11-21)8-6-18)15(22)17-13-1-3-14(4-2-13)20(23)24/h1-4,10-11H,5-8H2,(H,17,22)/b12-10-. The van der Waals surface area contributed by atoms with Crippen LogP contribution in [0.5, 0.6) is 0 Å². The summed E-state index contributed by atoms with van der Waals surface area (Å²) in [5.41, 5.74) is 0.197. The second-order valence-corrected chi connectivity index (χ2v) is 5.09. The number of hydrogen-bond donors (Lipinski definition) is 1. The zero-order valence-electron chi connectivity index (χ0n) is 12.7. The first-order valence-electron chi connectivity index (χ1n) is 7.14. The molecule has 0 aliphatic carbocycles. The van der Waals surface area contributed by atoms with Gasteiger partial charge in [0.1, 0.15) is 11.6 Å². The van der Waals surface area contributed by atoms with Gasteiger partial charge in [-0.25, -0.2) is 0 Å². The summed E-state index contributed by atoms with van der Waals surface area (Å²) >= 11 is 0. The lowest BCUT2D eigenvalue weighted by atomic mass is 10.2. The Labute approximate surface area is 137 Å². The number of nitro benzene ring substituents is 1. The van der Waals surface area contributed by atoms with Crippen LogP contribution in [0.3, 0.4) is 0 Å². The number of amides is 2. The third-order valence-electron chi connectivity index (χ3n) is 3.51. The van der Waals surface area contributed by atoms with Gasteiger partial charge in [-0.3, -0.25) is 19.7 Å². The number of hydrogen-bond acceptors (Lipinski definition) is 6. The maximum absolute atomic E-state index is 12.1. The van der Waals surface area contributed by atoms with Crippen molar-refractivity contribution in [2.45, 2.75) is 0 Å². The first-order valence-corrected chi connectivity index (χ1v) is 7.14. The minimum Gasteiger partial charge on any atom is -0.373 e. The van der Waals surface area contributed by atoms with Crippen LogP contribution in [0.25, 0.3) is 0 Å². The molecule has 1 aromatic rings. The van der Waals surface area contributed by atoms with E-state index in [1.54, 1.807) is 9.80 Å². The third-order valence-corrected chi connectivity index (χ3v) is 3.51. The van der Waals surface area contributed by atoms with Crippen LogP contribution < -0.4 is 5.32 Å². The number of nitrogens with zero attached hydrogens (tertiary/aromatic N) is 4. The van der Waals surface area contributed by atoms with Gasteiger partial charge >= 0.3 is 0 Å². The highest BCUT2D eigenvalue weighted by Crippen LogP contribution is 2.16. The Hall–Kier alpha value is -3.41. The molecule has 1 heterocycles. The van der Waals surface area contributed by atoms with Gasteiger partial charge in [-0.1, -0.05) is 0 Å². The number of anilines is 1. The van der Waals surface area contributed by atoms with Crippen LogP contribution in [0.4, 0.5) is 11.4 Å². The first-order chi connectivity index (χ1) is 11.5. The van der Waals surface area contributed by atoms with E-state index >= 15 is 0 Å². The molecule has 24 heavy (non-hydrogen) atoms. The summed E-state index contributed by atoms with van der Waals surface area (Å²) in [6.45, 7) is 2.13. The van der Waals surface area contributed by atoms with Crippen molar-refractivity contribution < 1.29 is 14.5 Å². The topological polar surface area (TPSA) is 120 Å². The summed E-state index contributed by atoms with van der Waals surface area (Å²) in [4.78, 5) is 36.3. The third kappa shape index (κ3) is 4.30. The molecule has 1 aliphatic rings. The fourth-order valence-corrected chi connectivity index (χ4v) is 2.16. The van der Waals surface area contributed by atoms with Crippen molar-refractivity contribution in [1.29, 1.82) is 5.26 Å². The lowest BCUT2D eigenvalue weighted by Gasteiger charge is -2.31. The Morgan fingerprint density at radius 2 is 1.79 bits per heavy atom. The molecule has 0 aromatic heterocycles. The normalized spacial score (nSPS) is 14.7. The maximum Gasteiger partial charge on any atom is 0.269 e. The minimum absolute atomic E-state index is 0.0760. The van der Waals surface area contributed by atoms with Crippen molar-refractivity contribution in [1.82, 2.24) is 9.80 Å². The number of nitriles is 1. The molecule has 9 heteroatoms. The molecule has 0 radical (unpaired) electrons. The average molecular weight is 329 g/mol. The second kappa shape index (κ2) is 7.73. The number of nitro groups is 1. The number of nitrogens with one attached hydrogen (secondary N) is 1. The molecule has 2 amide bonds. The zero-order valence-corrected chi connectivity index (χ0v) is 12.7. The van der Waals surface area contributed by atoms with Crippen molar-refractivity contribution in [3.05, 3.63) is 46.2 Å². The van der Waals surface area contributed by atoms with E-state index in [1.165, 1.54) is 30.5 Å². The van der Waals surface area contributed by atoms with E-state index < -0.39 is 10.8 Å². The highest BCUT2D eigenvalue weighted by molar-refractivity contribution is 6.06. The molecule has 1 saturated heterocycles. The van der Waals surface area contributed by atoms with Gasteiger partial charge in [0.15, 0.2) is 0 Å². The molecule has 0 unspecified atom stereocenters. The molecule has 1 N–H and O–H groups in total. The van der Waals surface area contributed by atoms with Gasteiger partial charge in [0.25, 0.3) is 11.6 Å². The summed E-state index contributed by atoms with van der Waals surface area (Å²) in [5, 5.41) is 22.3. The van der Waals surface area contributed by atoms with E-state index in [4.69, 9.17) is 5.26 Å². The van der Waals surface area contributed by atoms with Crippen molar-refractivity contribution >= 4 is 23.7 Å². The lowest BCUT2D eigenvalue weighted by molar-refractivity contribution is -0.384. The number of piperazine rings is 1. The van der Waals surface area contributed by atoms with Gasteiger partial charge in [0.2, 0.25) is 6.41 Å². The van der Waals surface area contributed by atoms with E-state index in [1.807, 2.05) is 6.07 Å². The summed E-state index contributed by atoms with van der Waals surface area (Å²) in [7, 11) is 0. The molecule has 1 aliphatic heterocycles. The van der Waals surface area contributed by atoms with Crippen molar-refractivity contribution in [3.63, 3.8) is 0 Å². The predicted molar refractivity (Wildman–Crippen MR) is 84.6 cm³/mol. The van der Waals surface area contributed by atoms with Crippen LogP contribution in [0.15, 0.2) is 36.0 Å². The Balaban J connectivity index is 2.01. The number of rotatable bonds is 5. The van der Waals surface area contributed by atoms with Crippen molar-refractivity contribution in [2.75, 3.05) is 31.5 Å². The molecule has 1 fully saturated rings. The molecule has 0 spiro atoms. The molecular formula is C15H15N5O4. The highest BCUT2D eigenvalue weighted by Gasteiger charge is 2.16. The Morgan fingerprint density at radius 1 is 1.21 bits per heavy atom. The van der Waals surface area contributed by atoms with Gasteiger partial charge in [0.05, 0.1) is 4.92 Å². The summed E-state index contributed by atoms with van der Waals surface area (Å²) in [6.07, 6.45) is 2.23. The minimum atomic E-state index is -0.593. The van der Waals surface area contributed by atoms with E-state index in [-0.39, 0.29) is 11.3 Å². The second-order valence-electron chi connectivity index (χ2n) is 5.09. The van der Waals surface area contributed by atoms with E-state index in [0.29, 0.717) is 31.9 Å². The molecule has 0 atom stereocenters. The Bertz CT molecular complexity index is 700. The smallest absolute Gasteiger partial charge is 0.269 e. The number of carbonyl (C=O) groups excluding carboxylic acids is 2. The highest BCUT2D eigenvalue weighted by atomic mass is 16.6. The van der Waals surface area contributed by atoms with Gasteiger partial charge in [-0.15, -0.1) is 0 Å². The van der Waals surface area contributed by atoms with Crippen LogP contribution >= 0.6 is 0 Å². The van der Waals surface area contributed by atoms with Crippen LogP contribution in [0, 0.1) is 21.4 Å². The molecule has 124 valence electrons. The van der Waals surface area contributed by atoms with Crippen molar-refractivity contribution in [3.8, 4) is 6.07 Å². The van der Waals surface area contributed by atoms with Gasteiger partial charge in [-0.05, 0) is 12.1 Å². The molecular weight excluding hydrogens is 314 g/mol. The van der Waals surface area contributed by atoms with Crippen molar-refractivity contribution in [2.24, 2.45) is 0 Å². The maximum atomic E-state index is 12.1. The van der Waals surface area contributed by atoms with E-state index in [2.05, 4.69) is 5.32 Å². The first kappa shape index (κ1) is 17.0. The number of carbonyl (C=O) groups is 2. The van der Waals surface area contributed by atoms with Gasteiger partial charge in [-0.2, -0.15) is 5.26 Å². The van der Waals surface area contributed by atoms with E-state index in [9.17, 15) is 19.7 Å². The fourth-order valence-electron chi connectivity index (χ4n) is 2.16. The summed E-state index contributed by atoms with van der Waals surface area (Å²) < 4.78 is 0. The fraction of sp³-hybridized carbons (Fsp3) is 0.267. The van der Waals surface area contributed by atoms with Crippen LogP contribution in [0.1, 0.15) is 0 Å². The van der Waals surface area contributed by atoms with Crippen LogP contribution in [-0.4, -0.2) is 53.2 Å². The Morgan fingerprint density at radius 3 is 2.29 bits per heavy atom. The van der Waals surface area contributed by atoms with Gasteiger partial charge < -0.3 is 15.1 Å². The summed E-state index contributed by atoms with van der Waals surface area (Å²) in [5.74, 6) is -0.593. The quantitative estimate of drug-likeness (QED) is 0.279. The van der Waals surface area contributed by atoms with Crippen LogP contribution in [-0.2, 0) is 9.59 Å². The SMILES string of the molecule is N#C/C(=C/N1CCN(C=O)CC1)C(=O)Nc1ccc([N+](=O)[O-])cc1. The molecule has 9 nitrogen and oxygen atoms in total. The van der Waals surface area contributed by atoms with E-state index in [0.717, 1.165) is 6.41 Å². The lowest BCUT2D eigenvalue weighted by Crippen LogP contribution is -2.43. The van der Waals surface area contributed by atoms with Crippen LogP contribution in [0.2, 0.25) is 0 Å². The monoisotopic (exact) mass is 329 g/mol. The molecule has 2 rings (SSSR count). The summed E-state index contributed by atoms with van der Waals surface area (Å²) in [6, 6.07) is 7.17. The number of benzene rings is 1. The predicted octanol–water partition coefficient (Wildman–Crippen LogP) is 0.715. The zero-order chi connectivity index (χ0) is 17.5. The van der Waals surface area contributed by atoms with Gasteiger partial charge in [0, 0.05) is 50.2 Å². The molecule has 0 bridgehead atoms. The Kier molecular flexibility index (Phi) is 5.46. The molecule has 0 saturated carbocycles. The average Bonchev–Trinajstić information content (AvgIpc) is 2.60. The number of non-ortho nitro benzene ring substituents is 1.